The molecule has 2 aromatic rings. The molecule has 5 rings (SSSR count). The molecule has 1 heterocycles. The minimum absolute atomic E-state index is 0. The van der Waals surface area contributed by atoms with Crippen LogP contribution in [0.5, 0.6) is 17.2 Å². The Hall–Kier alpha value is -3.35. The van der Waals surface area contributed by atoms with Crippen LogP contribution in [-0.2, 0) is 20.7 Å². The Balaban J connectivity index is 0.00000220. The standard InChI is InChI=1S/C27H29NO10.2CH4/c1-10-22(30)14(28)7-17(37-10)38-16-9-27(35,11(2)29)8-13-19(16)26(34)21-20(24(13)32)23(31)12-5-4-6-15(36-3)18(12)25(21)33;;/h4-6,10,14,16-17,22,30,32,34-35H,7-9,28H2,1-3H3;2*1H4/t10?,14?,16-,17?,22?,27-;;/m0../s1. The minimum Gasteiger partial charge on any atom is -0.507 e. The summed E-state index contributed by atoms with van der Waals surface area (Å²) in [5.74, 6) is -3.18. The van der Waals surface area contributed by atoms with Gasteiger partial charge in [0.2, 0.25) is 5.78 Å². The van der Waals surface area contributed by atoms with Crippen LogP contribution in [0.3, 0.4) is 0 Å². The van der Waals surface area contributed by atoms with Crippen molar-refractivity contribution in [2.45, 2.75) is 84.2 Å². The Morgan fingerprint density at radius 2 is 1.75 bits per heavy atom. The van der Waals surface area contributed by atoms with Gasteiger partial charge in [0.15, 0.2) is 17.9 Å². The lowest BCUT2D eigenvalue weighted by molar-refractivity contribution is -0.247. The second-order valence-corrected chi connectivity index (χ2v) is 10.1. The molecule has 0 amide bonds. The molecule has 6 N–H and O–H groups in total. The molecule has 0 radical (unpaired) electrons. The van der Waals surface area contributed by atoms with Crippen molar-refractivity contribution in [3.63, 3.8) is 0 Å². The summed E-state index contributed by atoms with van der Waals surface area (Å²) >= 11 is 0. The summed E-state index contributed by atoms with van der Waals surface area (Å²) in [6.07, 6.45) is -4.53. The van der Waals surface area contributed by atoms with Gasteiger partial charge in [-0.2, -0.15) is 0 Å². The highest BCUT2D eigenvalue weighted by atomic mass is 16.7. The number of aromatic hydroxyl groups is 2. The van der Waals surface area contributed by atoms with Crippen LogP contribution in [0.25, 0.3) is 0 Å². The third-order valence-corrected chi connectivity index (χ3v) is 7.80. The SMILES string of the molecule is C.C.COc1cccc2c1C(=O)c1c(O)c3c(c(O)c1C2=O)C[C@@](O)(C(C)=O)C[C@@H]3OC1CC(N)C(O)C(C)O1. The van der Waals surface area contributed by atoms with Crippen LogP contribution < -0.4 is 10.5 Å². The number of phenolic OH excluding ortho intramolecular Hbond substituents is 2. The number of fused-ring (bicyclic) bond motifs is 3. The van der Waals surface area contributed by atoms with E-state index in [9.17, 15) is 34.8 Å². The van der Waals surface area contributed by atoms with Crippen LogP contribution in [0.1, 0.15) is 90.6 Å². The van der Waals surface area contributed by atoms with E-state index in [4.69, 9.17) is 19.9 Å². The van der Waals surface area contributed by atoms with E-state index in [2.05, 4.69) is 0 Å². The molecule has 4 unspecified atom stereocenters. The van der Waals surface area contributed by atoms with Crippen LogP contribution in [-0.4, -0.2) is 75.0 Å². The molecule has 0 bridgehead atoms. The summed E-state index contributed by atoms with van der Waals surface area (Å²) in [6.45, 7) is 2.79. The molecule has 1 aliphatic heterocycles. The van der Waals surface area contributed by atoms with Crippen LogP contribution in [0, 0.1) is 0 Å². The van der Waals surface area contributed by atoms with Crippen molar-refractivity contribution >= 4 is 17.3 Å². The van der Waals surface area contributed by atoms with Gasteiger partial charge >= 0.3 is 0 Å². The Morgan fingerprint density at radius 1 is 1.10 bits per heavy atom. The molecule has 2 aliphatic carbocycles. The first-order valence-corrected chi connectivity index (χ1v) is 12.2. The number of nitrogens with two attached hydrogens (primary N) is 1. The van der Waals surface area contributed by atoms with Crippen molar-refractivity contribution in [1.82, 2.24) is 0 Å². The smallest absolute Gasteiger partial charge is 0.202 e. The largest absolute Gasteiger partial charge is 0.507 e. The monoisotopic (exact) mass is 559 g/mol. The van der Waals surface area contributed by atoms with Crippen LogP contribution in [0.4, 0.5) is 0 Å². The first-order chi connectivity index (χ1) is 17.9. The molecule has 218 valence electrons. The number of aliphatic hydroxyl groups excluding tert-OH is 1. The normalized spacial score (nSPS) is 28.8. The van der Waals surface area contributed by atoms with Crippen LogP contribution in [0.15, 0.2) is 18.2 Å². The summed E-state index contributed by atoms with van der Waals surface area (Å²) in [5.41, 5.74) is 2.97. The van der Waals surface area contributed by atoms with Crippen molar-refractivity contribution < 1.29 is 49.0 Å². The van der Waals surface area contributed by atoms with Crippen LogP contribution >= 0.6 is 0 Å². The number of methoxy groups -OCH3 is 1. The fraction of sp³-hybridized carbons (Fsp3) is 0.483. The van der Waals surface area contributed by atoms with E-state index in [0.29, 0.717) is 0 Å². The molecule has 0 spiro atoms. The van der Waals surface area contributed by atoms with E-state index in [1.54, 1.807) is 6.92 Å². The first-order valence-electron chi connectivity index (χ1n) is 12.2. The van der Waals surface area contributed by atoms with Gasteiger partial charge in [-0.15, -0.1) is 0 Å². The lowest BCUT2D eigenvalue weighted by Gasteiger charge is -2.42. The van der Waals surface area contributed by atoms with Gasteiger partial charge in [-0.3, -0.25) is 14.4 Å². The summed E-state index contributed by atoms with van der Waals surface area (Å²) in [5, 5.41) is 44.1. The molecule has 0 aromatic heterocycles. The lowest BCUT2D eigenvalue weighted by atomic mass is 9.72. The highest BCUT2D eigenvalue weighted by molar-refractivity contribution is 6.31. The van der Waals surface area contributed by atoms with Crippen LogP contribution in [0.2, 0.25) is 0 Å². The molecular weight excluding hydrogens is 522 g/mol. The average molecular weight is 560 g/mol. The quantitative estimate of drug-likeness (QED) is 0.295. The number of carbonyl (C=O) groups excluding carboxylic acids is 3. The molecule has 11 nitrogen and oxygen atoms in total. The third kappa shape index (κ3) is 4.57. The van der Waals surface area contributed by atoms with Gasteiger partial charge in [0.25, 0.3) is 0 Å². The predicted octanol–water partition coefficient (Wildman–Crippen LogP) is 2.30. The second kappa shape index (κ2) is 10.9. The Kier molecular flexibility index (Phi) is 8.50. The number of hydrogen-bond donors (Lipinski definition) is 5. The summed E-state index contributed by atoms with van der Waals surface area (Å²) < 4.78 is 17.1. The van der Waals surface area contributed by atoms with Gasteiger partial charge in [0.1, 0.15) is 22.8 Å². The fourth-order valence-electron chi connectivity index (χ4n) is 5.66. The highest BCUT2D eigenvalue weighted by Crippen LogP contribution is 2.52. The molecule has 40 heavy (non-hydrogen) atoms. The number of phenols is 2. The molecule has 2 aromatic carbocycles. The van der Waals surface area contributed by atoms with Crippen molar-refractivity contribution in [1.29, 1.82) is 0 Å². The van der Waals surface area contributed by atoms with E-state index in [1.807, 2.05) is 0 Å². The zero-order valence-corrected chi connectivity index (χ0v) is 21.1. The van der Waals surface area contributed by atoms with Crippen molar-refractivity contribution in [3.05, 3.63) is 51.6 Å². The first kappa shape index (κ1) is 31.2. The van der Waals surface area contributed by atoms with Crippen molar-refractivity contribution in [3.8, 4) is 17.2 Å². The Labute approximate surface area is 232 Å². The maximum absolute atomic E-state index is 13.6. The van der Waals surface area contributed by atoms with E-state index in [1.165, 1.54) is 32.2 Å². The average Bonchev–Trinajstić information content (AvgIpc) is 2.87. The number of carbonyl (C=O) groups is 3. The number of ether oxygens (including phenoxy) is 3. The maximum atomic E-state index is 13.6. The van der Waals surface area contributed by atoms with Crippen molar-refractivity contribution in [2.75, 3.05) is 7.11 Å². The number of hydrogen-bond acceptors (Lipinski definition) is 11. The summed E-state index contributed by atoms with van der Waals surface area (Å²) in [6, 6.07) is 3.75. The topological polar surface area (TPSA) is 186 Å². The van der Waals surface area contributed by atoms with Gasteiger partial charge in [0.05, 0.1) is 42.1 Å². The second-order valence-electron chi connectivity index (χ2n) is 10.1. The highest BCUT2D eigenvalue weighted by Gasteiger charge is 2.49. The molecular formula is C29H37NO10. The number of benzene rings is 2. The van der Waals surface area contributed by atoms with Gasteiger partial charge in [0, 0.05) is 42.0 Å². The molecule has 0 saturated carbocycles. The molecule has 11 heteroatoms. The van der Waals surface area contributed by atoms with Gasteiger partial charge in [-0.25, -0.2) is 0 Å². The van der Waals surface area contributed by atoms with E-state index < -0.39 is 82.6 Å². The minimum atomic E-state index is -2.00. The third-order valence-electron chi connectivity index (χ3n) is 7.80. The maximum Gasteiger partial charge on any atom is 0.202 e. The predicted molar refractivity (Wildman–Crippen MR) is 144 cm³/mol. The number of rotatable bonds is 4. The van der Waals surface area contributed by atoms with E-state index in [0.717, 1.165) is 0 Å². The molecule has 1 saturated heterocycles. The molecule has 6 atom stereocenters. The molecule has 1 fully saturated rings. The summed E-state index contributed by atoms with van der Waals surface area (Å²) in [4.78, 5) is 39.6. The van der Waals surface area contributed by atoms with Crippen molar-refractivity contribution in [2.24, 2.45) is 5.73 Å². The molecule has 3 aliphatic rings. The zero-order chi connectivity index (χ0) is 27.7. The number of aliphatic hydroxyl groups is 2. The van der Waals surface area contributed by atoms with Gasteiger partial charge in [-0.1, -0.05) is 27.0 Å². The summed E-state index contributed by atoms with van der Waals surface area (Å²) in [7, 11) is 1.34. The van der Waals surface area contributed by atoms with Gasteiger partial charge in [-0.05, 0) is 19.9 Å². The number of Topliss-reactive ketones (excluding diaryl/α,β-unsaturated/α-hetero) is 1. The Bertz CT molecular complexity index is 1360. The van der Waals surface area contributed by atoms with E-state index in [-0.39, 0.29) is 55.7 Å². The van der Waals surface area contributed by atoms with Gasteiger partial charge < -0.3 is 40.4 Å². The fourth-order valence-corrected chi connectivity index (χ4v) is 5.66. The lowest BCUT2D eigenvalue weighted by Crippen LogP contribution is -2.52. The Morgan fingerprint density at radius 3 is 2.35 bits per heavy atom. The zero-order valence-electron chi connectivity index (χ0n) is 21.1. The van der Waals surface area contributed by atoms with E-state index >= 15 is 0 Å². The number of ketones is 3.